The fourth-order valence-corrected chi connectivity index (χ4v) is 2.38. The van der Waals surface area contributed by atoms with Gasteiger partial charge in [-0.15, -0.1) is 0 Å². The minimum absolute atomic E-state index is 0.0363. The Bertz CT molecular complexity index is 305. The van der Waals surface area contributed by atoms with E-state index in [1.165, 1.54) is 0 Å². The minimum Gasteiger partial charge on any atom is -0.352 e. The van der Waals surface area contributed by atoms with Crippen LogP contribution >= 0.6 is 0 Å². The Labute approximate surface area is 109 Å². The quantitative estimate of drug-likeness (QED) is 0.679. The summed E-state index contributed by atoms with van der Waals surface area (Å²) < 4.78 is 0. The zero-order valence-electron chi connectivity index (χ0n) is 11.5. The third-order valence-corrected chi connectivity index (χ3v) is 3.38. The summed E-state index contributed by atoms with van der Waals surface area (Å²) in [7, 11) is 0. The van der Waals surface area contributed by atoms with Gasteiger partial charge in [-0.1, -0.05) is 6.92 Å². The maximum Gasteiger partial charge on any atom is 0.239 e. The Morgan fingerprint density at radius 2 is 2.00 bits per heavy atom. The van der Waals surface area contributed by atoms with E-state index in [1.54, 1.807) is 0 Å². The van der Waals surface area contributed by atoms with Crippen LogP contribution in [0.1, 0.15) is 40.0 Å². The zero-order chi connectivity index (χ0) is 13.7. The molecule has 0 saturated heterocycles. The van der Waals surface area contributed by atoms with Crippen molar-refractivity contribution in [2.45, 2.75) is 52.1 Å². The van der Waals surface area contributed by atoms with Crippen LogP contribution in [0.2, 0.25) is 0 Å². The highest BCUT2D eigenvalue weighted by molar-refractivity contribution is 5.86. The van der Waals surface area contributed by atoms with E-state index in [2.05, 4.69) is 17.6 Å². The van der Waals surface area contributed by atoms with Gasteiger partial charge in [0.15, 0.2) is 0 Å². The average Bonchev–Trinajstić information content (AvgIpc) is 2.28. The Morgan fingerprint density at radius 1 is 1.33 bits per heavy atom. The molecule has 104 valence electrons. The van der Waals surface area contributed by atoms with Gasteiger partial charge >= 0.3 is 0 Å². The number of amides is 2. The fraction of sp³-hybridized carbons (Fsp3) is 0.846. The van der Waals surface area contributed by atoms with Gasteiger partial charge in [0, 0.05) is 12.1 Å². The van der Waals surface area contributed by atoms with Gasteiger partial charge in [0.1, 0.15) is 0 Å². The van der Waals surface area contributed by atoms with Gasteiger partial charge in [0.2, 0.25) is 11.8 Å². The maximum absolute atomic E-state index is 12.0. The van der Waals surface area contributed by atoms with Crippen LogP contribution < -0.4 is 16.4 Å². The molecule has 5 nitrogen and oxygen atoms in total. The Kier molecular flexibility index (Phi) is 5.59. The molecular weight excluding hydrogens is 230 g/mol. The predicted octanol–water partition coefficient (Wildman–Crippen LogP) is 0.391. The van der Waals surface area contributed by atoms with Crippen LogP contribution in [0.25, 0.3) is 0 Å². The topological polar surface area (TPSA) is 84.2 Å². The van der Waals surface area contributed by atoms with E-state index in [0.29, 0.717) is 5.92 Å². The molecule has 1 aliphatic carbocycles. The summed E-state index contributed by atoms with van der Waals surface area (Å²) in [6, 6.07) is 0.0146. The second-order valence-corrected chi connectivity index (χ2v) is 5.63. The molecular formula is C13H25N3O2. The Morgan fingerprint density at radius 3 is 2.61 bits per heavy atom. The second-order valence-electron chi connectivity index (χ2n) is 5.63. The first-order chi connectivity index (χ1) is 8.40. The fourth-order valence-electron chi connectivity index (χ4n) is 2.38. The highest BCUT2D eigenvalue weighted by Gasteiger charge is 2.31. The first-order valence-corrected chi connectivity index (χ1v) is 6.72. The van der Waals surface area contributed by atoms with Crippen molar-refractivity contribution in [3.63, 3.8) is 0 Å². The van der Waals surface area contributed by atoms with Crippen molar-refractivity contribution in [3.05, 3.63) is 0 Å². The summed E-state index contributed by atoms with van der Waals surface area (Å²) in [5.41, 5.74) is 5.97. The molecule has 1 aliphatic rings. The van der Waals surface area contributed by atoms with E-state index in [4.69, 9.17) is 5.73 Å². The molecule has 0 bridgehead atoms. The van der Waals surface area contributed by atoms with Crippen LogP contribution in [0, 0.1) is 11.8 Å². The smallest absolute Gasteiger partial charge is 0.239 e. The first-order valence-electron chi connectivity index (χ1n) is 6.72. The van der Waals surface area contributed by atoms with E-state index in [9.17, 15) is 9.59 Å². The monoisotopic (exact) mass is 255 g/mol. The van der Waals surface area contributed by atoms with Crippen molar-refractivity contribution < 1.29 is 9.59 Å². The number of nitrogens with two attached hydrogens (primary N) is 1. The van der Waals surface area contributed by atoms with Gasteiger partial charge in [-0.3, -0.25) is 9.59 Å². The van der Waals surface area contributed by atoms with Crippen LogP contribution in [0.4, 0.5) is 0 Å². The molecule has 2 amide bonds. The largest absolute Gasteiger partial charge is 0.352 e. The lowest BCUT2D eigenvalue weighted by molar-refractivity contribution is -0.130. The van der Waals surface area contributed by atoms with Crippen LogP contribution in [0.3, 0.4) is 0 Å². The molecule has 3 unspecified atom stereocenters. The van der Waals surface area contributed by atoms with Crippen LogP contribution in [0.15, 0.2) is 0 Å². The molecule has 5 heteroatoms. The highest BCUT2D eigenvalue weighted by Crippen LogP contribution is 2.27. The van der Waals surface area contributed by atoms with E-state index in [1.807, 2.05) is 13.8 Å². The van der Waals surface area contributed by atoms with Gasteiger partial charge in [0.25, 0.3) is 0 Å². The molecule has 0 heterocycles. The highest BCUT2D eigenvalue weighted by atomic mass is 16.2. The normalized spacial score (nSPS) is 27.9. The summed E-state index contributed by atoms with van der Waals surface area (Å²) in [6.07, 6.45) is 2.79. The van der Waals surface area contributed by atoms with Crippen LogP contribution in [-0.4, -0.2) is 30.4 Å². The van der Waals surface area contributed by atoms with Crippen LogP contribution in [0.5, 0.6) is 0 Å². The second kappa shape index (κ2) is 6.73. The van der Waals surface area contributed by atoms with Crippen molar-refractivity contribution in [1.29, 1.82) is 0 Å². The standard InChI is InChI=1S/C13H25N3O2/c1-8(2)16-12(17)7-15-13(18)10-6-9(3)4-5-11(10)14/h8-11H,4-7,14H2,1-3H3,(H,15,18)(H,16,17). The summed E-state index contributed by atoms with van der Waals surface area (Å²) in [6.45, 7) is 5.95. The van der Waals surface area contributed by atoms with Gasteiger partial charge in [-0.25, -0.2) is 0 Å². The van der Waals surface area contributed by atoms with E-state index in [0.717, 1.165) is 19.3 Å². The first kappa shape index (κ1) is 15.0. The number of hydrogen-bond donors (Lipinski definition) is 3. The van der Waals surface area contributed by atoms with Crippen molar-refractivity contribution >= 4 is 11.8 Å². The lowest BCUT2D eigenvalue weighted by Gasteiger charge is -2.31. The number of carbonyl (C=O) groups is 2. The number of carbonyl (C=O) groups excluding carboxylic acids is 2. The SMILES string of the molecule is CC1CCC(N)C(C(=O)NCC(=O)NC(C)C)C1. The summed E-state index contributed by atoms with van der Waals surface area (Å²) >= 11 is 0. The van der Waals surface area contributed by atoms with Gasteiger partial charge in [-0.05, 0) is 39.0 Å². The minimum atomic E-state index is -0.157. The summed E-state index contributed by atoms with van der Waals surface area (Å²) in [4.78, 5) is 23.4. The van der Waals surface area contributed by atoms with Crippen molar-refractivity contribution in [2.75, 3.05) is 6.54 Å². The maximum atomic E-state index is 12.0. The van der Waals surface area contributed by atoms with Gasteiger partial charge < -0.3 is 16.4 Å². The number of hydrogen-bond acceptors (Lipinski definition) is 3. The molecule has 1 rings (SSSR count). The van der Waals surface area contributed by atoms with Gasteiger partial charge in [0.05, 0.1) is 12.5 Å². The van der Waals surface area contributed by atoms with Crippen molar-refractivity contribution in [2.24, 2.45) is 17.6 Å². The lowest BCUT2D eigenvalue weighted by atomic mass is 9.79. The number of rotatable bonds is 4. The molecule has 1 saturated carbocycles. The molecule has 0 radical (unpaired) electrons. The molecule has 1 fully saturated rings. The molecule has 3 atom stereocenters. The Hall–Kier alpha value is -1.10. The van der Waals surface area contributed by atoms with Crippen molar-refractivity contribution in [3.8, 4) is 0 Å². The van der Waals surface area contributed by atoms with E-state index in [-0.39, 0.29) is 36.4 Å². The molecule has 0 aromatic carbocycles. The Balaban J connectivity index is 2.37. The zero-order valence-corrected chi connectivity index (χ0v) is 11.5. The molecule has 0 spiro atoms. The van der Waals surface area contributed by atoms with E-state index >= 15 is 0 Å². The molecule has 0 aliphatic heterocycles. The molecule has 0 aromatic heterocycles. The summed E-state index contributed by atoms with van der Waals surface area (Å²) in [5, 5.41) is 5.41. The van der Waals surface area contributed by atoms with Crippen molar-refractivity contribution in [1.82, 2.24) is 10.6 Å². The molecule has 4 N–H and O–H groups in total. The van der Waals surface area contributed by atoms with Gasteiger partial charge in [-0.2, -0.15) is 0 Å². The lowest BCUT2D eigenvalue weighted by Crippen LogP contribution is -2.48. The molecule has 0 aromatic rings. The van der Waals surface area contributed by atoms with E-state index < -0.39 is 0 Å². The summed E-state index contributed by atoms with van der Waals surface area (Å²) in [5.74, 6) is 0.134. The predicted molar refractivity (Wildman–Crippen MR) is 70.8 cm³/mol. The third kappa shape index (κ3) is 4.64. The third-order valence-electron chi connectivity index (χ3n) is 3.38. The average molecular weight is 255 g/mol. The number of nitrogens with one attached hydrogen (secondary N) is 2. The van der Waals surface area contributed by atoms with Crippen LogP contribution in [-0.2, 0) is 9.59 Å². The molecule has 18 heavy (non-hydrogen) atoms.